The third-order valence-corrected chi connectivity index (χ3v) is 4.12. The molecule has 0 saturated carbocycles. The van der Waals surface area contributed by atoms with Gasteiger partial charge in [0.1, 0.15) is 0 Å². The minimum Gasteiger partial charge on any atom is -0.375 e. The lowest BCUT2D eigenvalue weighted by atomic mass is 10.1. The molecule has 2 aromatic rings. The first-order chi connectivity index (χ1) is 9.10. The number of fused-ring (bicyclic) bond motifs is 1. The first-order valence-electron chi connectivity index (χ1n) is 5.31. The van der Waals surface area contributed by atoms with Crippen LogP contribution in [-0.4, -0.2) is 13.9 Å². The van der Waals surface area contributed by atoms with Gasteiger partial charge in [0.05, 0.1) is 4.47 Å². The zero-order valence-corrected chi connectivity index (χ0v) is 12.4. The molecule has 0 radical (unpaired) electrons. The highest BCUT2D eigenvalue weighted by atomic mass is 79.9. The molecule has 0 amide bonds. The second-order valence-electron chi connectivity index (χ2n) is 4.12. The molecule has 0 unspecified atom stereocenters. The van der Waals surface area contributed by atoms with Crippen molar-refractivity contribution in [3.63, 3.8) is 0 Å². The molecule has 0 aliphatic carbocycles. The minimum absolute atomic E-state index is 0.128. The second-order valence-corrected chi connectivity index (χ2v) is 6.51. The highest BCUT2D eigenvalue weighted by Gasteiger charge is 2.48. The largest absolute Gasteiger partial charge is 0.534 e. The first-order valence-corrected chi connectivity index (χ1v) is 7.51. The Morgan fingerprint density at radius 3 is 2.35 bits per heavy atom. The second kappa shape index (κ2) is 4.92. The van der Waals surface area contributed by atoms with Gasteiger partial charge in [0.25, 0.3) is 0 Å². The van der Waals surface area contributed by atoms with Crippen LogP contribution in [0.1, 0.15) is 5.56 Å². The smallest absolute Gasteiger partial charge is 0.375 e. The quantitative estimate of drug-likeness (QED) is 0.590. The van der Waals surface area contributed by atoms with Crippen molar-refractivity contribution < 1.29 is 25.8 Å². The number of alkyl halides is 3. The van der Waals surface area contributed by atoms with Gasteiger partial charge in [-0.1, -0.05) is 23.8 Å². The molecule has 0 aromatic heterocycles. The van der Waals surface area contributed by atoms with E-state index in [2.05, 4.69) is 20.1 Å². The van der Waals surface area contributed by atoms with Gasteiger partial charge in [0, 0.05) is 0 Å². The Morgan fingerprint density at radius 2 is 1.75 bits per heavy atom. The van der Waals surface area contributed by atoms with E-state index in [9.17, 15) is 21.6 Å². The van der Waals surface area contributed by atoms with Gasteiger partial charge in [-0.15, -0.1) is 0 Å². The Balaban J connectivity index is 2.51. The molecule has 2 aromatic carbocycles. The fraction of sp³-hybridized carbons (Fsp3) is 0.167. The number of halogens is 4. The average molecular weight is 369 g/mol. The lowest BCUT2D eigenvalue weighted by Gasteiger charge is -2.11. The van der Waals surface area contributed by atoms with Gasteiger partial charge in [0.2, 0.25) is 0 Å². The fourth-order valence-electron chi connectivity index (χ4n) is 1.60. The van der Waals surface area contributed by atoms with Gasteiger partial charge < -0.3 is 4.18 Å². The van der Waals surface area contributed by atoms with E-state index in [1.54, 1.807) is 12.1 Å². The first kappa shape index (κ1) is 15.1. The van der Waals surface area contributed by atoms with Crippen LogP contribution >= 0.6 is 15.9 Å². The summed E-state index contributed by atoms with van der Waals surface area (Å²) in [5.74, 6) is -0.404. The van der Waals surface area contributed by atoms with Gasteiger partial charge in [-0.25, -0.2) is 0 Å². The number of aryl methyl sites for hydroxylation is 1. The van der Waals surface area contributed by atoms with E-state index in [0.29, 0.717) is 5.39 Å². The third-order valence-electron chi connectivity index (χ3n) is 2.53. The predicted molar refractivity (Wildman–Crippen MR) is 72.0 cm³/mol. The van der Waals surface area contributed by atoms with Crippen LogP contribution in [0.15, 0.2) is 34.8 Å². The van der Waals surface area contributed by atoms with Crippen LogP contribution in [0.25, 0.3) is 10.8 Å². The van der Waals surface area contributed by atoms with E-state index in [4.69, 9.17) is 0 Å². The van der Waals surface area contributed by atoms with E-state index >= 15 is 0 Å². The molecule has 0 fully saturated rings. The van der Waals surface area contributed by atoms with Crippen molar-refractivity contribution in [2.24, 2.45) is 0 Å². The summed E-state index contributed by atoms with van der Waals surface area (Å²) in [6.07, 6.45) is 0. The van der Waals surface area contributed by atoms with Crippen LogP contribution in [0.5, 0.6) is 5.75 Å². The topological polar surface area (TPSA) is 43.4 Å². The molecule has 0 aliphatic rings. The van der Waals surface area contributed by atoms with Crippen LogP contribution in [0, 0.1) is 6.92 Å². The number of hydrogen-bond donors (Lipinski definition) is 0. The Kier molecular flexibility index (Phi) is 3.72. The lowest BCUT2D eigenvalue weighted by molar-refractivity contribution is -0.0500. The number of rotatable bonds is 2. The number of hydrogen-bond acceptors (Lipinski definition) is 3. The summed E-state index contributed by atoms with van der Waals surface area (Å²) in [7, 11) is -5.68. The molecule has 0 N–H and O–H groups in total. The summed E-state index contributed by atoms with van der Waals surface area (Å²) in [5, 5.41) is 1.33. The van der Waals surface area contributed by atoms with E-state index < -0.39 is 21.4 Å². The molecule has 0 bridgehead atoms. The maximum atomic E-state index is 12.3. The fourth-order valence-corrected chi connectivity index (χ4v) is 2.62. The van der Waals surface area contributed by atoms with E-state index in [-0.39, 0.29) is 4.47 Å². The van der Waals surface area contributed by atoms with Crippen LogP contribution in [-0.2, 0) is 10.1 Å². The summed E-state index contributed by atoms with van der Waals surface area (Å²) in [4.78, 5) is 0. The zero-order chi connectivity index (χ0) is 15.1. The summed E-state index contributed by atoms with van der Waals surface area (Å²) in [6.45, 7) is 1.87. The maximum absolute atomic E-state index is 12.3. The summed E-state index contributed by atoms with van der Waals surface area (Å²) >= 11 is 3.00. The highest BCUT2D eigenvalue weighted by molar-refractivity contribution is 9.10. The van der Waals surface area contributed by atoms with Gasteiger partial charge in [-0.3, -0.25) is 0 Å². The van der Waals surface area contributed by atoms with Crippen molar-refractivity contribution in [2.75, 3.05) is 0 Å². The molecule has 0 atom stereocenters. The summed E-state index contributed by atoms with van der Waals surface area (Å²) in [5.41, 5.74) is -4.49. The van der Waals surface area contributed by atoms with Crippen LogP contribution in [0.4, 0.5) is 13.2 Å². The van der Waals surface area contributed by atoms with Crippen molar-refractivity contribution in [1.29, 1.82) is 0 Å². The van der Waals surface area contributed by atoms with Crippen LogP contribution < -0.4 is 4.18 Å². The molecule has 8 heteroatoms. The van der Waals surface area contributed by atoms with Gasteiger partial charge in [-0.05, 0) is 45.8 Å². The van der Waals surface area contributed by atoms with Crippen LogP contribution in [0.3, 0.4) is 0 Å². The molecule has 0 aliphatic heterocycles. The van der Waals surface area contributed by atoms with Crippen molar-refractivity contribution in [3.05, 3.63) is 40.4 Å². The Morgan fingerprint density at radius 1 is 1.10 bits per heavy atom. The Bertz CT molecular complexity index is 769. The SMILES string of the molecule is Cc1ccc2cc(OS(=O)(=O)C(F)(F)F)c(Br)cc2c1. The summed E-state index contributed by atoms with van der Waals surface area (Å²) in [6, 6.07) is 8.00. The van der Waals surface area contributed by atoms with Crippen molar-refractivity contribution in [1.82, 2.24) is 0 Å². The van der Waals surface area contributed by atoms with E-state index in [1.165, 1.54) is 12.1 Å². The zero-order valence-electron chi connectivity index (χ0n) is 10.0. The molecular formula is C12H8BrF3O3S. The van der Waals surface area contributed by atoms with Crippen molar-refractivity contribution >= 4 is 36.8 Å². The Hall–Kier alpha value is -1.28. The van der Waals surface area contributed by atoms with Gasteiger partial charge >= 0.3 is 15.6 Å². The van der Waals surface area contributed by atoms with Gasteiger partial charge in [-0.2, -0.15) is 21.6 Å². The van der Waals surface area contributed by atoms with Crippen molar-refractivity contribution in [3.8, 4) is 5.75 Å². The molecule has 0 saturated heterocycles. The highest BCUT2D eigenvalue weighted by Crippen LogP contribution is 2.34. The Labute approximate surface area is 121 Å². The minimum atomic E-state index is -5.68. The van der Waals surface area contributed by atoms with E-state index in [1.807, 2.05) is 13.0 Å². The van der Waals surface area contributed by atoms with E-state index in [0.717, 1.165) is 10.9 Å². The lowest BCUT2D eigenvalue weighted by Crippen LogP contribution is -2.28. The summed E-state index contributed by atoms with van der Waals surface area (Å²) < 4.78 is 63.1. The average Bonchev–Trinajstić information content (AvgIpc) is 2.28. The van der Waals surface area contributed by atoms with Gasteiger partial charge in [0.15, 0.2) is 5.75 Å². The normalized spacial score (nSPS) is 12.7. The maximum Gasteiger partial charge on any atom is 0.534 e. The third kappa shape index (κ3) is 2.90. The van der Waals surface area contributed by atoms with Crippen molar-refractivity contribution in [2.45, 2.75) is 12.4 Å². The monoisotopic (exact) mass is 368 g/mol. The molecule has 3 nitrogen and oxygen atoms in total. The molecular weight excluding hydrogens is 361 g/mol. The molecule has 0 spiro atoms. The molecule has 2 rings (SSSR count). The standard InChI is InChI=1S/C12H8BrF3O3S/c1-7-2-3-8-6-11(10(13)5-9(8)4-7)19-20(17,18)12(14,15)16/h2-6H,1H3. The molecule has 20 heavy (non-hydrogen) atoms. The predicted octanol–water partition coefficient (Wildman–Crippen LogP) is 4.14. The molecule has 0 heterocycles. The van der Waals surface area contributed by atoms with Crippen LogP contribution in [0.2, 0.25) is 0 Å². The number of benzene rings is 2. The molecule has 108 valence electrons.